The molecule has 0 aliphatic heterocycles. The van der Waals surface area contributed by atoms with Crippen molar-refractivity contribution < 1.29 is 14.2 Å². The number of aliphatic hydroxyl groups excluding tert-OH is 1. The molecule has 0 heterocycles. The summed E-state index contributed by atoms with van der Waals surface area (Å²) in [6.45, 7) is 1.76. The Kier molecular flexibility index (Phi) is 5.02. The molecular formula is C15H13BrClFO2. The molecule has 106 valence electrons. The van der Waals surface area contributed by atoms with Gasteiger partial charge in [-0.25, -0.2) is 4.39 Å². The number of hydrogen-bond acceptors (Lipinski definition) is 2. The first-order valence-electron chi connectivity index (χ1n) is 6.01. The number of benzene rings is 2. The lowest BCUT2D eigenvalue weighted by atomic mass is 10.1. The predicted octanol–water partition coefficient (Wildman–Crippen LogP) is 4.87. The van der Waals surface area contributed by atoms with Crippen LogP contribution < -0.4 is 4.74 Å². The van der Waals surface area contributed by atoms with Gasteiger partial charge < -0.3 is 9.84 Å². The highest BCUT2D eigenvalue weighted by Crippen LogP contribution is 2.25. The van der Waals surface area contributed by atoms with Gasteiger partial charge in [0.05, 0.1) is 6.10 Å². The minimum Gasteiger partial charge on any atom is -0.486 e. The Hall–Kier alpha value is -1.10. The third-order valence-corrected chi connectivity index (χ3v) is 3.68. The van der Waals surface area contributed by atoms with Crippen LogP contribution in [-0.4, -0.2) is 5.11 Å². The summed E-state index contributed by atoms with van der Waals surface area (Å²) in [4.78, 5) is 0. The van der Waals surface area contributed by atoms with Gasteiger partial charge in [0.1, 0.15) is 6.61 Å². The summed E-state index contributed by atoms with van der Waals surface area (Å²) in [6.07, 6.45) is -0.709. The fourth-order valence-electron chi connectivity index (χ4n) is 1.69. The lowest BCUT2D eigenvalue weighted by Crippen LogP contribution is -2.00. The molecular weight excluding hydrogens is 347 g/mol. The van der Waals surface area contributed by atoms with Crippen LogP contribution in [-0.2, 0) is 6.61 Å². The van der Waals surface area contributed by atoms with Crippen LogP contribution in [0.4, 0.5) is 4.39 Å². The van der Waals surface area contributed by atoms with Gasteiger partial charge in [-0.1, -0.05) is 39.7 Å². The van der Waals surface area contributed by atoms with Crippen molar-refractivity contribution in [1.82, 2.24) is 0 Å². The summed E-state index contributed by atoms with van der Waals surface area (Å²) in [5.74, 6) is -0.370. The molecule has 2 nitrogen and oxygen atoms in total. The number of aliphatic hydroxyl groups is 1. The maximum atomic E-state index is 13.8. The van der Waals surface area contributed by atoms with E-state index in [0.29, 0.717) is 10.6 Å². The first-order valence-corrected chi connectivity index (χ1v) is 7.18. The van der Waals surface area contributed by atoms with Crippen LogP contribution in [0.5, 0.6) is 5.75 Å². The van der Waals surface area contributed by atoms with Crippen molar-refractivity contribution >= 4 is 27.5 Å². The van der Waals surface area contributed by atoms with Gasteiger partial charge in [0.2, 0.25) is 0 Å². The molecule has 2 rings (SSSR count). The van der Waals surface area contributed by atoms with Gasteiger partial charge in [0.25, 0.3) is 0 Å². The van der Waals surface area contributed by atoms with E-state index in [-0.39, 0.29) is 12.4 Å². The van der Waals surface area contributed by atoms with E-state index in [1.807, 2.05) is 12.1 Å². The van der Waals surface area contributed by atoms with E-state index in [9.17, 15) is 9.50 Å². The van der Waals surface area contributed by atoms with Crippen LogP contribution in [0.1, 0.15) is 24.2 Å². The highest BCUT2D eigenvalue weighted by Gasteiger charge is 2.09. The Morgan fingerprint density at radius 3 is 2.65 bits per heavy atom. The third kappa shape index (κ3) is 3.72. The number of halogens is 3. The maximum Gasteiger partial charge on any atom is 0.165 e. The monoisotopic (exact) mass is 358 g/mol. The van der Waals surface area contributed by atoms with Crippen molar-refractivity contribution in [3.8, 4) is 5.75 Å². The van der Waals surface area contributed by atoms with Crippen LogP contribution in [0.25, 0.3) is 0 Å². The lowest BCUT2D eigenvalue weighted by molar-refractivity contribution is 0.198. The summed E-state index contributed by atoms with van der Waals surface area (Å²) in [6, 6.07) is 9.82. The van der Waals surface area contributed by atoms with E-state index >= 15 is 0 Å². The van der Waals surface area contributed by atoms with Gasteiger partial charge >= 0.3 is 0 Å². The fourth-order valence-corrected chi connectivity index (χ4v) is 2.42. The van der Waals surface area contributed by atoms with Gasteiger partial charge in [-0.3, -0.25) is 0 Å². The van der Waals surface area contributed by atoms with Crippen molar-refractivity contribution in [3.05, 3.63) is 62.8 Å². The van der Waals surface area contributed by atoms with Gasteiger partial charge in [0, 0.05) is 15.1 Å². The minimum atomic E-state index is -0.709. The average molecular weight is 360 g/mol. The number of hydrogen-bond donors (Lipinski definition) is 1. The van der Waals surface area contributed by atoms with Crippen molar-refractivity contribution in [3.63, 3.8) is 0 Å². The van der Waals surface area contributed by atoms with Crippen LogP contribution in [0.15, 0.2) is 40.9 Å². The molecule has 0 unspecified atom stereocenters. The van der Waals surface area contributed by atoms with Gasteiger partial charge in [0.15, 0.2) is 11.6 Å². The quantitative estimate of drug-likeness (QED) is 0.843. The second kappa shape index (κ2) is 6.57. The van der Waals surface area contributed by atoms with Gasteiger partial charge in [-0.05, 0) is 36.8 Å². The molecule has 1 atom stereocenters. The fraction of sp³-hybridized carbons (Fsp3) is 0.200. The molecule has 2 aromatic carbocycles. The largest absolute Gasteiger partial charge is 0.486 e. The van der Waals surface area contributed by atoms with Gasteiger partial charge in [-0.2, -0.15) is 0 Å². The number of rotatable bonds is 4. The van der Waals surface area contributed by atoms with E-state index < -0.39 is 11.9 Å². The molecule has 0 spiro atoms. The van der Waals surface area contributed by atoms with Crippen molar-refractivity contribution in [2.75, 3.05) is 0 Å². The molecule has 20 heavy (non-hydrogen) atoms. The van der Waals surface area contributed by atoms with Crippen LogP contribution in [0.3, 0.4) is 0 Å². The van der Waals surface area contributed by atoms with Crippen LogP contribution >= 0.6 is 27.5 Å². The Morgan fingerprint density at radius 1 is 1.30 bits per heavy atom. The Labute approximate surface area is 130 Å². The van der Waals surface area contributed by atoms with Crippen molar-refractivity contribution in [2.45, 2.75) is 19.6 Å². The number of ether oxygens (including phenoxy) is 1. The minimum absolute atomic E-state index is 0.133. The van der Waals surface area contributed by atoms with Gasteiger partial charge in [-0.15, -0.1) is 0 Å². The van der Waals surface area contributed by atoms with E-state index in [0.717, 1.165) is 10.0 Å². The Bertz CT molecular complexity index is 617. The molecule has 0 radical (unpaired) electrons. The molecule has 0 amide bonds. The van der Waals surface area contributed by atoms with Crippen molar-refractivity contribution in [2.24, 2.45) is 0 Å². The summed E-state index contributed by atoms with van der Waals surface area (Å²) in [7, 11) is 0. The molecule has 2 aromatic rings. The highest BCUT2D eigenvalue weighted by molar-refractivity contribution is 9.10. The molecule has 0 bridgehead atoms. The van der Waals surface area contributed by atoms with E-state index in [2.05, 4.69) is 15.9 Å². The molecule has 0 fully saturated rings. The normalized spacial score (nSPS) is 12.2. The third-order valence-electron chi connectivity index (χ3n) is 2.84. The second-order valence-corrected chi connectivity index (χ2v) is 5.71. The molecule has 0 aromatic heterocycles. The molecule has 1 N–H and O–H groups in total. The topological polar surface area (TPSA) is 29.5 Å². The molecule has 0 saturated heterocycles. The van der Waals surface area contributed by atoms with E-state index in [1.54, 1.807) is 19.1 Å². The Morgan fingerprint density at radius 2 is 2.05 bits per heavy atom. The highest BCUT2D eigenvalue weighted by atomic mass is 79.9. The zero-order valence-electron chi connectivity index (χ0n) is 10.7. The summed E-state index contributed by atoms with van der Waals surface area (Å²) >= 11 is 9.38. The van der Waals surface area contributed by atoms with Crippen molar-refractivity contribution in [1.29, 1.82) is 0 Å². The molecule has 0 saturated carbocycles. The lowest BCUT2D eigenvalue weighted by Gasteiger charge is -2.11. The summed E-state index contributed by atoms with van der Waals surface area (Å²) < 4.78 is 20.1. The average Bonchev–Trinajstić information content (AvgIpc) is 2.38. The second-order valence-electron chi connectivity index (χ2n) is 4.39. The first-order chi connectivity index (χ1) is 9.47. The first kappa shape index (κ1) is 15.3. The molecule has 0 aliphatic carbocycles. The molecule has 0 aliphatic rings. The van der Waals surface area contributed by atoms with E-state index in [4.69, 9.17) is 16.3 Å². The zero-order valence-corrected chi connectivity index (χ0v) is 13.1. The SMILES string of the molecule is C[C@@H](O)c1ccc(OCc2ccc(Br)cc2Cl)c(F)c1. The predicted molar refractivity (Wildman–Crippen MR) is 80.5 cm³/mol. The summed E-state index contributed by atoms with van der Waals surface area (Å²) in [5, 5.41) is 9.94. The maximum absolute atomic E-state index is 13.8. The smallest absolute Gasteiger partial charge is 0.165 e. The zero-order chi connectivity index (χ0) is 14.7. The van der Waals surface area contributed by atoms with Crippen LogP contribution in [0.2, 0.25) is 5.02 Å². The molecule has 5 heteroatoms. The summed E-state index contributed by atoms with van der Waals surface area (Å²) in [5.41, 5.74) is 1.28. The standard InChI is InChI=1S/C15H13BrClFO2/c1-9(19)10-3-5-15(14(18)6-10)20-8-11-2-4-12(16)7-13(11)17/h2-7,9,19H,8H2,1H3/t9-/m1/s1. The van der Waals surface area contributed by atoms with E-state index in [1.165, 1.54) is 12.1 Å². The Balaban J connectivity index is 2.11. The van der Waals surface area contributed by atoms with Crippen LogP contribution in [0, 0.1) is 5.82 Å².